The predicted molar refractivity (Wildman–Crippen MR) is 96.1 cm³/mol. The molecule has 0 aromatic rings. The highest BCUT2D eigenvalue weighted by Crippen LogP contribution is 2.21. The third-order valence-corrected chi connectivity index (χ3v) is 4.06. The molecule has 1 heterocycles. The van der Waals surface area contributed by atoms with E-state index in [9.17, 15) is 0 Å². The molecule has 2 unspecified atom stereocenters. The second kappa shape index (κ2) is 10.1. The summed E-state index contributed by atoms with van der Waals surface area (Å²) in [6.07, 6.45) is 1.54. The molecule has 2 N–H and O–H groups in total. The Kier molecular flexibility index (Phi) is 8.87. The molecule has 0 radical (unpaired) electrons. The normalized spacial score (nSPS) is 23.8. The van der Waals surface area contributed by atoms with Gasteiger partial charge in [-0.25, -0.2) is 0 Å². The second-order valence-electron chi connectivity index (χ2n) is 6.94. The van der Waals surface area contributed by atoms with Crippen LogP contribution in [-0.4, -0.2) is 75.0 Å². The Morgan fingerprint density at radius 3 is 2.48 bits per heavy atom. The maximum atomic E-state index is 5.84. The molecule has 2 atom stereocenters. The van der Waals surface area contributed by atoms with Gasteiger partial charge in [0.1, 0.15) is 0 Å². The smallest absolute Gasteiger partial charge is 0.191 e. The Balaban J connectivity index is 2.57. The van der Waals surface area contributed by atoms with Crippen LogP contribution in [0.4, 0.5) is 0 Å². The monoisotopic (exact) mass is 328 g/mol. The molecule has 0 aliphatic carbocycles. The van der Waals surface area contributed by atoms with Gasteiger partial charge in [0.2, 0.25) is 0 Å². The van der Waals surface area contributed by atoms with Crippen LogP contribution in [0.15, 0.2) is 4.99 Å². The maximum absolute atomic E-state index is 5.84. The van der Waals surface area contributed by atoms with Gasteiger partial charge in [0.25, 0.3) is 0 Å². The van der Waals surface area contributed by atoms with E-state index in [4.69, 9.17) is 14.5 Å². The van der Waals surface area contributed by atoms with Crippen molar-refractivity contribution in [2.24, 2.45) is 4.99 Å². The number of hydrogen-bond acceptors (Lipinski definition) is 4. The predicted octanol–water partition coefficient (Wildman–Crippen LogP) is 1.47. The first-order chi connectivity index (χ1) is 10.9. The average molecular weight is 329 g/mol. The largest absolute Gasteiger partial charge is 0.385 e. The molecule has 0 saturated carbocycles. The molecule has 23 heavy (non-hydrogen) atoms. The molecular formula is C17H36N4O2. The van der Waals surface area contributed by atoms with E-state index in [1.165, 1.54) is 0 Å². The second-order valence-corrected chi connectivity index (χ2v) is 6.94. The Hall–Kier alpha value is -0.850. The molecule has 1 saturated heterocycles. The van der Waals surface area contributed by atoms with E-state index < -0.39 is 0 Å². The van der Waals surface area contributed by atoms with Crippen LogP contribution in [0.1, 0.15) is 41.0 Å². The Morgan fingerprint density at radius 2 is 1.91 bits per heavy atom. The van der Waals surface area contributed by atoms with Crippen LogP contribution in [0.2, 0.25) is 0 Å². The molecule has 6 nitrogen and oxygen atoms in total. The Morgan fingerprint density at radius 1 is 1.26 bits per heavy atom. The van der Waals surface area contributed by atoms with Crippen molar-refractivity contribution in [1.82, 2.24) is 15.5 Å². The molecule has 1 aliphatic heterocycles. The summed E-state index contributed by atoms with van der Waals surface area (Å²) in [5, 5.41) is 6.67. The van der Waals surface area contributed by atoms with E-state index in [0.717, 1.165) is 51.7 Å². The highest BCUT2D eigenvalue weighted by atomic mass is 16.5. The van der Waals surface area contributed by atoms with Gasteiger partial charge in [0.15, 0.2) is 5.96 Å². The van der Waals surface area contributed by atoms with Gasteiger partial charge in [0.05, 0.1) is 18.8 Å². The van der Waals surface area contributed by atoms with E-state index in [1.807, 2.05) is 0 Å². The minimum Gasteiger partial charge on any atom is -0.385 e. The van der Waals surface area contributed by atoms with E-state index in [1.54, 1.807) is 7.11 Å². The molecular weight excluding hydrogens is 292 g/mol. The summed E-state index contributed by atoms with van der Waals surface area (Å²) in [5.41, 5.74) is 0.0151. The molecule has 0 aromatic heterocycles. The molecule has 0 spiro atoms. The average Bonchev–Trinajstić information content (AvgIpc) is 2.48. The SMILES string of the molecule is CCNC(=NCC(C)(C)N1CC(C)OC(C)C1)NCCCOC. The number of rotatable bonds is 8. The summed E-state index contributed by atoms with van der Waals surface area (Å²) in [6, 6.07) is 0. The fourth-order valence-electron chi connectivity index (χ4n) is 2.81. The van der Waals surface area contributed by atoms with Gasteiger partial charge in [-0.2, -0.15) is 0 Å². The first-order valence-electron chi connectivity index (χ1n) is 8.80. The molecule has 0 amide bonds. The van der Waals surface area contributed by atoms with Gasteiger partial charge in [-0.05, 0) is 41.0 Å². The van der Waals surface area contributed by atoms with Crippen LogP contribution in [0, 0.1) is 0 Å². The zero-order valence-corrected chi connectivity index (χ0v) is 15.8. The summed E-state index contributed by atoms with van der Waals surface area (Å²) in [6.45, 7) is 16.1. The van der Waals surface area contributed by atoms with Crippen LogP contribution in [0.3, 0.4) is 0 Å². The number of methoxy groups -OCH3 is 1. The van der Waals surface area contributed by atoms with Crippen molar-refractivity contribution in [3.05, 3.63) is 0 Å². The minimum absolute atomic E-state index is 0.0151. The lowest BCUT2D eigenvalue weighted by Gasteiger charge is -2.44. The summed E-state index contributed by atoms with van der Waals surface area (Å²) < 4.78 is 10.9. The summed E-state index contributed by atoms with van der Waals surface area (Å²) in [5.74, 6) is 0.881. The lowest BCUT2D eigenvalue weighted by molar-refractivity contribution is -0.0939. The number of guanidine groups is 1. The maximum Gasteiger partial charge on any atom is 0.191 e. The van der Waals surface area contributed by atoms with Gasteiger partial charge in [-0.3, -0.25) is 9.89 Å². The van der Waals surface area contributed by atoms with Crippen molar-refractivity contribution in [2.45, 2.75) is 58.8 Å². The lowest BCUT2D eigenvalue weighted by atomic mass is 10.0. The standard InChI is InChI=1S/C17H36N4O2/c1-7-18-16(19-9-8-10-22-6)20-13-17(4,5)21-11-14(2)23-15(3)12-21/h14-15H,7-13H2,1-6H3,(H2,18,19,20). The van der Waals surface area contributed by atoms with Gasteiger partial charge >= 0.3 is 0 Å². The number of aliphatic imine (C=N–C) groups is 1. The van der Waals surface area contributed by atoms with E-state index in [-0.39, 0.29) is 17.7 Å². The number of nitrogens with zero attached hydrogens (tertiary/aromatic N) is 2. The molecule has 1 fully saturated rings. The summed E-state index contributed by atoms with van der Waals surface area (Å²) >= 11 is 0. The van der Waals surface area contributed by atoms with Crippen molar-refractivity contribution < 1.29 is 9.47 Å². The quantitative estimate of drug-likeness (QED) is 0.401. The highest BCUT2D eigenvalue weighted by molar-refractivity contribution is 5.79. The van der Waals surface area contributed by atoms with Gasteiger partial charge in [-0.15, -0.1) is 0 Å². The number of hydrogen-bond donors (Lipinski definition) is 2. The molecule has 136 valence electrons. The van der Waals surface area contributed by atoms with E-state index >= 15 is 0 Å². The number of ether oxygens (including phenoxy) is 2. The minimum atomic E-state index is 0.0151. The topological polar surface area (TPSA) is 58.1 Å². The Labute approximate surface area is 142 Å². The molecule has 1 rings (SSSR count). The molecule has 6 heteroatoms. The fraction of sp³-hybridized carbons (Fsp3) is 0.941. The summed E-state index contributed by atoms with van der Waals surface area (Å²) in [7, 11) is 1.73. The summed E-state index contributed by atoms with van der Waals surface area (Å²) in [4.78, 5) is 7.27. The van der Waals surface area contributed by atoms with Crippen molar-refractivity contribution >= 4 is 5.96 Å². The zero-order valence-electron chi connectivity index (χ0n) is 15.8. The molecule has 0 bridgehead atoms. The lowest BCUT2D eigenvalue weighted by Crippen LogP contribution is -2.56. The van der Waals surface area contributed by atoms with Crippen LogP contribution in [-0.2, 0) is 9.47 Å². The Bertz CT molecular complexity index is 351. The van der Waals surface area contributed by atoms with Crippen molar-refractivity contribution in [3.8, 4) is 0 Å². The van der Waals surface area contributed by atoms with Gasteiger partial charge in [-0.1, -0.05) is 0 Å². The molecule has 0 aromatic carbocycles. The van der Waals surface area contributed by atoms with Gasteiger partial charge in [0, 0.05) is 45.4 Å². The first kappa shape index (κ1) is 20.2. The third-order valence-electron chi connectivity index (χ3n) is 4.06. The van der Waals surface area contributed by atoms with Crippen LogP contribution in [0.5, 0.6) is 0 Å². The van der Waals surface area contributed by atoms with E-state index in [2.05, 4.69) is 50.2 Å². The van der Waals surface area contributed by atoms with E-state index in [0.29, 0.717) is 0 Å². The van der Waals surface area contributed by atoms with Crippen molar-refractivity contribution in [3.63, 3.8) is 0 Å². The van der Waals surface area contributed by atoms with Crippen LogP contribution >= 0.6 is 0 Å². The highest BCUT2D eigenvalue weighted by Gasteiger charge is 2.33. The van der Waals surface area contributed by atoms with Crippen LogP contribution < -0.4 is 10.6 Å². The van der Waals surface area contributed by atoms with Crippen LogP contribution in [0.25, 0.3) is 0 Å². The zero-order chi connectivity index (χ0) is 17.3. The fourth-order valence-corrected chi connectivity index (χ4v) is 2.81. The van der Waals surface area contributed by atoms with Crippen molar-refractivity contribution in [1.29, 1.82) is 0 Å². The van der Waals surface area contributed by atoms with Crippen molar-refractivity contribution in [2.75, 3.05) is 46.4 Å². The molecule has 1 aliphatic rings. The number of morpholine rings is 1. The van der Waals surface area contributed by atoms with Gasteiger partial charge < -0.3 is 20.1 Å². The number of nitrogens with one attached hydrogen (secondary N) is 2. The third kappa shape index (κ3) is 7.50. The first-order valence-corrected chi connectivity index (χ1v) is 8.80.